The second kappa shape index (κ2) is 2.21. The van der Waals surface area contributed by atoms with E-state index in [4.69, 9.17) is 0 Å². The summed E-state index contributed by atoms with van der Waals surface area (Å²) in [6.45, 7) is 3.78. The zero-order chi connectivity index (χ0) is 7.90. The van der Waals surface area contributed by atoms with Crippen LogP contribution in [0, 0.1) is 0 Å². The van der Waals surface area contributed by atoms with Crippen molar-refractivity contribution in [2.75, 3.05) is 13.2 Å². The maximum absolute atomic E-state index is 11.5. The zero-order valence-corrected chi connectivity index (χ0v) is 6.89. The van der Waals surface area contributed by atoms with Gasteiger partial charge in [-0.25, -0.2) is 0 Å². The van der Waals surface area contributed by atoms with Crippen LogP contribution < -0.4 is 5.32 Å². The molecule has 1 saturated heterocycles. The minimum Gasteiger partial charge on any atom is -0.328 e. The first kappa shape index (κ1) is 7.10. The standard InChI is InChI=1S/C8H14N2O/c1-2-5-10-6-9-8(3-4-8)7(10)11/h9H,2-6H2,1H3. The van der Waals surface area contributed by atoms with Gasteiger partial charge in [0.2, 0.25) is 5.91 Å². The van der Waals surface area contributed by atoms with Gasteiger partial charge in [-0.1, -0.05) is 6.92 Å². The fourth-order valence-electron chi connectivity index (χ4n) is 1.66. The Bertz CT molecular complexity index is 187. The van der Waals surface area contributed by atoms with Gasteiger partial charge in [0.25, 0.3) is 0 Å². The lowest BCUT2D eigenvalue weighted by Crippen LogP contribution is -2.32. The summed E-state index contributed by atoms with van der Waals surface area (Å²) in [5, 5.41) is 3.27. The number of carbonyl (C=O) groups excluding carboxylic acids is 1. The first-order valence-corrected chi connectivity index (χ1v) is 4.33. The molecule has 0 atom stereocenters. The highest BCUT2D eigenvalue weighted by molar-refractivity contribution is 5.91. The molecule has 1 spiro atoms. The van der Waals surface area contributed by atoms with Crippen LogP contribution in [0.25, 0.3) is 0 Å². The van der Waals surface area contributed by atoms with Crippen molar-refractivity contribution in [3.05, 3.63) is 0 Å². The summed E-state index contributed by atoms with van der Waals surface area (Å²) in [5.74, 6) is 0.333. The molecule has 62 valence electrons. The number of rotatable bonds is 2. The van der Waals surface area contributed by atoms with E-state index in [2.05, 4.69) is 12.2 Å². The van der Waals surface area contributed by atoms with Gasteiger partial charge in [-0.05, 0) is 19.3 Å². The second-order valence-corrected chi connectivity index (χ2v) is 3.49. The minimum absolute atomic E-state index is 0.0881. The minimum atomic E-state index is -0.0881. The Morgan fingerprint density at radius 3 is 2.82 bits per heavy atom. The van der Waals surface area contributed by atoms with Gasteiger partial charge in [-0.15, -0.1) is 0 Å². The van der Waals surface area contributed by atoms with Crippen LogP contribution in [-0.2, 0) is 4.79 Å². The van der Waals surface area contributed by atoms with E-state index in [0.29, 0.717) is 5.91 Å². The molecule has 11 heavy (non-hydrogen) atoms. The molecule has 2 rings (SSSR count). The molecule has 0 radical (unpaired) electrons. The quantitative estimate of drug-likeness (QED) is 0.621. The van der Waals surface area contributed by atoms with Gasteiger partial charge >= 0.3 is 0 Å². The van der Waals surface area contributed by atoms with Crippen LogP contribution in [0.4, 0.5) is 0 Å². The first-order chi connectivity index (χ1) is 5.28. The van der Waals surface area contributed by atoms with Crippen molar-refractivity contribution in [3.8, 4) is 0 Å². The monoisotopic (exact) mass is 154 g/mol. The van der Waals surface area contributed by atoms with Gasteiger partial charge in [-0.3, -0.25) is 10.1 Å². The number of nitrogens with zero attached hydrogens (tertiary/aromatic N) is 1. The molecule has 0 aromatic heterocycles. The van der Waals surface area contributed by atoms with Crippen molar-refractivity contribution in [1.82, 2.24) is 10.2 Å². The van der Waals surface area contributed by atoms with Crippen LogP contribution in [0.1, 0.15) is 26.2 Å². The topological polar surface area (TPSA) is 32.3 Å². The number of carbonyl (C=O) groups is 1. The molecule has 0 aromatic rings. The van der Waals surface area contributed by atoms with Crippen molar-refractivity contribution in [2.24, 2.45) is 0 Å². The Morgan fingerprint density at radius 2 is 2.36 bits per heavy atom. The van der Waals surface area contributed by atoms with E-state index in [1.807, 2.05) is 4.90 Å². The van der Waals surface area contributed by atoms with Crippen molar-refractivity contribution >= 4 is 5.91 Å². The summed E-state index contributed by atoms with van der Waals surface area (Å²) >= 11 is 0. The van der Waals surface area contributed by atoms with Crippen LogP contribution in [0.5, 0.6) is 0 Å². The zero-order valence-electron chi connectivity index (χ0n) is 6.89. The third-order valence-corrected chi connectivity index (χ3v) is 2.55. The molecule has 1 saturated carbocycles. The lowest BCUT2D eigenvalue weighted by molar-refractivity contribution is -0.129. The molecule has 1 aliphatic carbocycles. The molecular weight excluding hydrogens is 140 g/mol. The van der Waals surface area contributed by atoms with Gasteiger partial charge in [0.15, 0.2) is 0 Å². The van der Waals surface area contributed by atoms with E-state index < -0.39 is 0 Å². The smallest absolute Gasteiger partial charge is 0.243 e. The number of hydrogen-bond donors (Lipinski definition) is 1. The number of amides is 1. The summed E-state index contributed by atoms with van der Waals surface area (Å²) in [5.41, 5.74) is -0.0881. The van der Waals surface area contributed by atoms with Crippen molar-refractivity contribution in [1.29, 1.82) is 0 Å². The van der Waals surface area contributed by atoms with E-state index in [-0.39, 0.29) is 5.54 Å². The highest BCUT2D eigenvalue weighted by Gasteiger charge is 2.55. The Labute approximate surface area is 66.8 Å². The van der Waals surface area contributed by atoms with Crippen LogP contribution in [0.2, 0.25) is 0 Å². The normalized spacial score (nSPS) is 26.6. The number of nitrogens with one attached hydrogen (secondary N) is 1. The summed E-state index contributed by atoms with van der Waals surface area (Å²) < 4.78 is 0. The van der Waals surface area contributed by atoms with E-state index in [9.17, 15) is 4.79 Å². The summed E-state index contributed by atoms with van der Waals surface area (Å²) in [6.07, 6.45) is 3.15. The average Bonchev–Trinajstić information content (AvgIpc) is 2.71. The molecule has 1 N–H and O–H groups in total. The van der Waals surface area contributed by atoms with Gasteiger partial charge < -0.3 is 4.90 Å². The van der Waals surface area contributed by atoms with Crippen LogP contribution in [-0.4, -0.2) is 29.6 Å². The molecular formula is C8H14N2O. The third-order valence-electron chi connectivity index (χ3n) is 2.55. The maximum Gasteiger partial charge on any atom is 0.243 e. The van der Waals surface area contributed by atoms with Crippen LogP contribution in [0.3, 0.4) is 0 Å². The summed E-state index contributed by atoms with van der Waals surface area (Å²) in [6, 6.07) is 0. The predicted molar refractivity (Wildman–Crippen MR) is 42.0 cm³/mol. The number of hydrogen-bond acceptors (Lipinski definition) is 2. The van der Waals surface area contributed by atoms with Crippen molar-refractivity contribution in [2.45, 2.75) is 31.7 Å². The van der Waals surface area contributed by atoms with E-state index in [0.717, 1.165) is 32.5 Å². The largest absolute Gasteiger partial charge is 0.328 e. The third kappa shape index (κ3) is 0.948. The van der Waals surface area contributed by atoms with Crippen LogP contribution >= 0.6 is 0 Å². The van der Waals surface area contributed by atoms with Crippen molar-refractivity contribution < 1.29 is 4.79 Å². The first-order valence-electron chi connectivity index (χ1n) is 4.33. The molecule has 2 aliphatic rings. The van der Waals surface area contributed by atoms with E-state index in [1.54, 1.807) is 0 Å². The Morgan fingerprint density at radius 1 is 1.64 bits per heavy atom. The Kier molecular flexibility index (Phi) is 1.42. The molecule has 2 fully saturated rings. The molecule has 0 bridgehead atoms. The fraction of sp³-hybridized carbons (Fsp3) is 0.875. The molecule has 1 aliphatic heterocycles. The molecule has 1 amide bonds. The highest BCUT2D eigenvalue weighted by Crippen LogP contribution is 2.39. The maximum atomic E-state index is 11.5. The summed E-state index contributed by atoms with van der Waals surface area (Å²) in [4.78, 5) is 13.5. The van der Waals surface area contributed by atoms with Gasteiger partial charge in [-0.2, -0.15) is 0 Å². The molecule has 3 heteroatoms. The van der Waals surface area contributed by atoms with Gasteiger partial charge in [0.1, 0.15) is 0 Å². The SMILES string of the molecule is CCCN1CNC2(CC2)C1=O. The van der Waals surface area contributed by atoms with Gasteiger partial charge in [0.05, 0.1) is 12.2 Å². The van der Waals surface area contributed by atoms with E-state index >= 15 is 0 Å². The predicted octanol–water partition coefficient (Wildman–Crippen LogP) is 0.318. The molecule has 1 heterocycles. The lowest BCUT2D eigenvalue weighted by Gasteiger charge is -2.12. The average molecular weight is 154 g/mol. The fourth-order valence-corrected chi connectivity index (χ4v) is 1.66. The van der Waals surface area contributed by atoms with E-state index in [1.165, 1.54) is 0 Å². The van der Waals surface area contributed by atoms with Gasteiger partial charge in [0, 0.05) is 6.54 Å². The van der Waals surface area contributed by atoms with Crippen LogP contribution in [0.15, 0.2) is 0 Å². The highest BCUT2D eigenvalue weighted by atomic mass is 16.2. The molecule has 0 unspecified atom stereocenters. The molecule has 3 nitrogen and oxygen atoms in total. The Balaban J connectivity index is 2.01. The summed E-state index contributed by atoms with van der Waals surface area (Å²) in [7, 11) is 0. The second-order valence-electron chi connectivity index (χ2n) is 3.49. The lowest BCUT2D eigenvalue weighted by atomic mass is 10.3. The Hall–Kier alpha value is -0.570. The molecule has 0 aromatic carbocycles. The van der Waals surface area contributed by atoms with Crippen molar-refractivity contribution in [3.63, 3.8) is 0 Å².